The quantitative estimate of drug-likeness (QED) is 0.859. The van der Waals surface area contributed by atoms with Crippen molar-refractivity contribution in [1.29, 1.82) is 0 Å². The van der Waals surface area contributed by atoms with Gasteiger partial charge in [-0.25, -0.2) is 0 Å². The summed E-state index contributed by atoms with van der Waals surface area (Å²) in [6, 6.07) is 6.46. The lowest BCUT2D eigenvalue weighted by Gasteiger charge is -2.20. The first-order valence-corrected chi connectivity index (χ1v) is 7.89. The maximum absolute atomic E-state index is 12.2. The van der Waals surface area contributed by atoms with E-state index < -0.39 is 10.2 Å². The van der Waals surface area contributed by atoms with Crippen LogP contribution < -0.4 is 4.72 Å². The van der Waals surface area contributed by atoms with E-state index in [-0.39, 0.29) is 0 Å². The Morgan fingerprint density at radius 1 is 1.11 bits per heavy atom. The second-order valence-electron chi connectivity index (χ2n) is 4.66. The molecule has 0 aliphatic carbocycles. The summed E-state index contributed by atoms with van der Waals surface area (Å²) >= 11 is 0. The summed E-state index contributed by atoms with van der Waals surface area (Å²) in [6.45, 7) is 1.12. The zero-order valence-electron chi connectivity index (χ0n) is 10.7. The normalized spacial score (nSPS) is 17.7. The van der Waals surface area contributed by atoms with E-state index in [2.05, 4.69) is 4.72 Å². The summed E-state index contributed by atoms with van der Waals surface area (Å²) in [6.07, 6.45) is 4.65. The van der Waals surface area contributed by atoms with Crippen LogP contribution in [0.5, 0.6) is 0 Å². The largest absolute Gasteiger partial charge is 0.301 e. The van der Waals surface area contributed by atoms with Gasteiger partial charge in [0.15, 0.2) is 0 Å². The van der Waals surface area contributed by atoms with Gasteiger partial charge in [-0.2, -0.15) is 12.7 Å². The fourth-order valence-electron chi connectivity index (χ4n) is 2.17. The van der Waals surface area contributed by atoms with Crippen molar-refractivity contribution < 1.29 is 13.2 Å². The van der Waals surface area contributed by atoms with Gasteiger partial charge in [0.1, 0.15) is 6.29 Å². The summed E-state index contributed by atoms with van der Waals surface area (Å²) in [5.74, 6) is 0. The predicted octanol–water partition coefficient (Wildman–Crippen LogP) is 2.03. The molecule has 6 heteroatoms. The third-order valence-corrected chi connectivity index (χ3v) is 4.71. The van der Waals surface area contributed by atoms with Crippen LogP contribution in [0.1, 0.15) is 36.0 Å². The van der Waals surface area contributed by atoms with E-state index >= 15 is 0 Å². The van der Waals surface area contributed by atoms with Crippen LogP contribution >= 0.6 is 0 Å². The van der Waals surface area contributed by atoms with Crippen molar-refractivity contribution in [2.75, 3.05) is 17.8 Å². The molecule has 1 aliphatic heterocycles. The van der Waals surface area contributed by atoms with Crippen molar-refractivity contribution in [2.45, 2.75) is 25.7 Å². The minimum atomic E-state index is -3.52. The fraction of sp³-hybridized carbons (Fsp3) is 0.462. The monoisotopic (exact) mass is 282 g/mol. The Balaban J connectivity index is 2.13. The smallest absolute Gasteiger partial charge is 0.298 e. The average molecular weight is 282 g/mol. The molecule has 19 heavy (non-hydrogen) atoms. The molecule has 1 aromatic rings. The third kappa shape index (κ3) is 3.78. The van der Waals surface area contributed by atoms with Gasteiger partial charge in [-0.15, -0.1) is 0 Å². The van der Waals surface area contributed by atoms with Crippen molar-refractivity contribution in [3.63, 3.8) is 0 Å². The highest BCUT2D eigenvalue weighted by Gasteiger charge is 2.22. The van der Waals surface area contributed by atoms with Crippen molar-refractivity contribution in [2.24, 2.45) is 0 Å². The zero-order valence-corrected chi connectivity index (χ0v) is 11.5. The van der Waals surface area contributed by atoms with E-state index in [9.17, 15) is 13.2 Å². The Bertz CT molecular complexity index is 535. The van der Waals surface area contributed by atoms with Gasteiger partial charge in [-0.3, -0.25) is 9.52 Å². The highest BCUT2D eigenvalue weighted by molar-refractivity contribution is 7.90. The van der Waals surface area contributed by atoms with Gasteiger partial charge in [-0.05, 0) is 25.0 Å². The van der Waals surface area contributed by atoms with E-state index in [4.69, 9.17) is 0 Å². The molecule has 0 aromatic heterocycles. The van der Waals surface area contributed by atoms with Crippen LogP contribution in [-0.4, -0.2) is 32.1 Å². The first-order valence-electron chi connectivity index (χ1n) is 6.45. The highest BCUT2D eigenvalue weighted by atomic mass is 32.2. The molecule has 0 atom stereocenters. The van der Waals surface area contributed by atoms with Crippen molar-refractivity contribution >= 4 is 22.2 Å². The second-order valence-corrected chi connectivity index (χ2v) is 6.33. The first kappa shape index (κ1) is 14.0. The molecule has 1 heterocycles. The number of benzene rings is 1. The third-order valence-electron chi connectivity index (χ3n) is 3.17. The topological polar surface area (TPSA) is 66.5 Å². The van der Waals surface area contributed by atoms with Crippen LogP contribution in [0.25, 0.3) is 0 Å². The molecule has 0 unspecified atom stereocenters. The molecule has 0 amide bonds. The summed E-state index contributed by atoms with van der Waals surface area (Å²) in [7, 11) is -3.52. The van der Waals surface area contributed by atoms with E-state index in [0.29, 0.717) is 30.6 Å². The van der Waals surface area contributed by atoms with Gasteiger partial charge >= 0.3 is 10.2 Å². The van der Waals surface area contributed by atoms with Crippen LogP contribution in [-0.2, 0) is 10.2 Å². The van der Waals surface area contributed by atoms with Gasteiger partial charge in [0.05, 0.1) is 5.69 Å². The lowest BCUT2D eigenvalue weighted by atomic mass is 10.2. The number of carbonyl (C=O) groups excluding carboxylic acids is 1. The number of rotatable bonds is 4. The van der Waals surface area contributed by atoms with E-state index in [0.717, 1.165) is 25.7 Å². The Labute approximate surface area is 113 Å². The van der Waals surface area contributed by atoms with Crippen LogP contribution in [0.3, 0.4) is 0 Å². The van der Waals surface area contributed by atoms with Gasteiger partial charge in [0.25, 0.3) is 0 Å². The summed E-state index contributed by atoms with van der Waals surface area (Å²) in [5.41, 5.74) is 0.880. The number of aldehydes is 1. The zero-order chi connectivity index (χ0) is 13.7. The summed E-state index contributed by atoms with van der Waals surface area (Å²) < 4.78 is 28.5. The lowest BCUT2D eigenvalue weighted by molar-refractivity contribution is 0.112. The van der Waals surface area contributed by atoms with E-state index in [1.807, 2.05) is 0 Å². The van der Waals surface area contributed by atoms with Gasteiger partial charge < -0.3 is 0 Å². The van der Waals surface area contributed by atoms with Crippen molar-refractivity contribution in [3.05, 3.63) is 29.8 Å². The second kappa shape index (κ2) is 6.16. The standard InChI is InChI=1S/C13H18N2O3S/c16-11-12-6-5-7-13(10-12)14-19(17,18)15-8-3-1-2-4-9-15/h5-7,10-11,14H,1-4,8-9H2. The minimum absolute atomic E-state index is 0.425. The molecule has 1 N–H and O–H groups in total. The molecular formula is C13H18N2O3S. The number of hydrogen-bond donors (Lipinski definition) is 1. The van der Waals surface area contributed by atoms with Gasteiger partial charge in [0, 0.05) is 18.7 Å². The van der Waals surface area contributed by atoms with Crippen molar-refractivity contribution in [3.8, 4) is 0 Å². The Morgan fingerprint density at radius 2 is 1.79 bits per heavy atom. The van der Waals surface area contributed by atoms with Gasteiger partial charge in [-0.1, -0.05) is 25.0 Å². The SMILES string of the molecule is O=Cc1cccc(NS(=O)(=O)N2CCCCCC2)c1. The minimum Gasteiger partial charge on any atom is -0.298 e. The average Bonchev–Trinajstić information content (AvgIpc) is 2.68. The lowest BCUT2D eigenvalue weighted by Crippen LogP contribution is -2.36. The molecule has 0 spiro atoms. The maximum Gasteiger partial charge on any atom is 0.301 e. The number of anilines is 1. The number of carbonyl (C=O) groups is 1. The van der Waals surface area contributed by atoms with E-state index in [1.54, 1.807) is 18.2 Å². The van der Waals surface area contributed by atoms with E-state index in [1.165, 1.54) is 10.4 Å². The molecule has 1 aromatic carbocycles. The molecule has 104 valence electrons. The fourth-order valence-corrected chi connectivity index (χ4v) is 3.46. The summed E-state index contributed by atoms with van der Waals surface area (Å²) in [5, 5.41) is 0. The van der Waals surface area contributed by atoms with Crippen LogP contribution in [0.15, 0.2) is 24.3 Å². The molecule has 5 nitrogen and oxygen atoms in total. The number of hydrogen-bond acceptors (Lipinski definition) is 3. The predicted molar refractivity (Wildman–Crippen MR) is 74.4 cm³/mol. The molecule has 1 saturated heterocycles. The van der Waals surface area contributed by atoms with Crippen LogP contribution in [0.2, 0.25) is 0 Å². The molecule has 2 rings (SSSR count). The van der Waals surface area contributed by atoms with Crippen molar-refractivity contribution in [1.82, 2.24) is 4.31 Å². The Hall–Kier alpha value is -1.40. The molecule has 0 bridgehead atoms. The molecule has 0 saturated carbocycles. The molecule has 0 radical (unpaired) electrons. The summed E-state index contributed by atoms with van der Waals surface area (Å²) in [4.78, 5) is 10.7. The molecule has 1 aliphatic rings. The van der Waals surface area contributed by atoms with Gasteiger partial charge in [0.2, 0.25) is 0 Å². The highest BCUT2D eigenvalue weighted by Crippen LogP contribution is 2.17. The maximum atomic E-state index is 12.2. The van der Waals surface area contributed by atoms with Crippen LogP contribution in [0.4, 0.5) is 5.69 Å². The Morgan fingerprint density at radius 3 is 2.42 bits per heavy atom. The molecular weight excluding hydrogens is 264 g/mol. The number of nitrogens with zero attached hydrogens (tertiary/aromatic N) is 1. The number of nitrogens with one attached hydrogen (secondary N) is 1. The first-order chi connectivity index (χ1) is 9.12. The van der Waals surface area contributed by atoms with Crippen LogP contribution in [0, 0.1) is 0 Å². The molecule has 1 fully saturated rings. The Kier molecular flexibility index (Phi) is 4.55.